The largest absolute Gasteiger partial charge is 0.396 e. The Morgan fingerprint density at radius 2 is 1.83 bits per heavy atom. The second kappa shape index (κ2) is 4.87. The van der Waals surface area contributed by atoms with E-state index in [4.69, 9.17) is 5.73 Å². The zero-order valence-electron chi connectivity index (χ0n) is 9.91. The molecule has 0 aliphatic rings. The van der Waals surface area contributed by atoms with Crippen LogP contribution in [0.5, 0.6) is 0 Å². The van der Waals surface area contributed by atoms with E-state index >= 15 is 0 Å². The molecule has 3 nitrogen and oxygen atoms in total. The second-order valence-corrected chi connectivity index (χ2v) is 3.83. The van der Waals surface area contributed by atoms with Gasteiger partial charge in [0.15, 0.2) is 0 Å². The van der Waals surface area contributed by atoms with Gasteiger partial charge in [-0.15, -0.1) is 0 Å². The molecule has 0 aliphatic carbocycles. The van der Waals surface area contributed by atoms with Gasteiger partial charge in [0.1, 0.15) is 5.82 Å². The highest BCUT2D eigenvalue weighted by atomic mass is 19.1. The van der Waals surface area contributed by atoms with E-state index < -0.39 is 5.82 Å². The summed E-state index contributed by atoms with van der Waals surface area (Å²) in [5.74, 6) is -0.818. The molecule has 2 aromatic carbocycles. The smallest absolute Gasteiger partial charge is 0.251 e. The van der Waals surface area contributed by atoms with Gasteiger partial charge in [-0.3, -0.25) is 4.79 Å². The number of carbonyl (C=O) groups excluding carboxylic acids is 1. The number of nitrogens with two attached hydrogens (primary N) is 1. The number of nitrogen functional groups attached to an aromatic ring is 1. The highest BCUT2D eigenvalue weighted by Crippen LogP contribution is 2.31. The summed E-state index contributed by atoms with van der Waals surface area (Å²) in [5.41, 5.74) is 7.25. The molecule has 92 valence electrons. The van der Waals surface area contributed by atoms with Crippen LogP contribution in [0, 0.1) is 5.82 Å². The molecule has 0 bridgehead atoms. The molecule has 0 saturated heterocycles. The van der Waals surface area contributed by atoms with Crippen LogP contribution in [-0.4, -0.2) is 13.0 Å². The highest BCUT2D eigenvalue weighted by molar-refractivity contribution is 6.03. The molecule has 2 aromatic rings. The summed E-state index contributed by atoms with van der Waals surface area (Å²) in [5, 5.41) is 2.52. The lowest BCUT2D eigenvalue weighted by atomic mass is 9.97. The first-order chi connectivity index (χ1) is 8.65. The molecule has 0 unspecified atom stereocenters. The number of hydrogen-bond acceptors (Lipinski definition) is 2. The Morgan fingerprint density at radius 3 is 2.44 bits per heavy atom. The van der Waals surface area contributed by atoms with E-state index in [9.17, 15) is 9.18 Å². The number of halogens is 1. The van der Waals surface area contributed by atoms with Crippen molar-refractivity contribution < 1.29 is 9.18 Å². The van der Waals surface area contributed by atoms with Gasteiger partial charge in [0.25, 0.3) is 5.91 Å². The lowest BCUT2D eigenvalue weighted by molar-refractivity contribution is 0.0963. The molecule has 0 atom stereocenters. The van der Waals surface area contributed by atoms with Gasteiger partial charge >= 0.3 is 0 Å². The van der Waals surface area contributed by atoms with Crippen molar-refractivity contribution in [3.8, 4) is 11.1 Å². The SMILES string of the molecule is CNC(=O)c1ccc(F)c(N)c1-c1ccccc1. The van der Waals surface area contributed by atoms with Crippen molar-refractivity contribution in [2.45, 2.75) is 0 Å². The topological polar surface area (TPSA) is 55.1 Å². The van der Waals surface area contributed by atoms with E-state index in [1.165, 1.54) is 19.2 Å². The normalized spacial score (nSPS) is 10.1. The predicted octanol–water partition coefficient (Wildman–Crippen LogP) is 2.43. The van der Waals surface area contributed by atoms with Crippen molar-refractivity contribution in [2.24, 2.45) is 0 Å². The Labute approximate surface area is 104 Å². The summed E-state index contributed by atoms with van der Waals surface area (Å²) in [6.45, 7) is 0. The standard InChI is InChI=1S/C14H13FN2O/c1-17-14(18)10-7-8-11(15)13(16)12(10)9-5-3-2-4-6-9/h2-8H,16H2,1H3,(H,17,18). The maximum atomic E-state index is 13.6. The Morgan fingerprint density at radius 1 is 1.17 bits per heavy atom. The number of carbonyl (C=O) groups is 1. The molecule has 3 N–H and O–H groups in total. The molecule has 0 spiro atoms. The molecule has 0 aromatic heterocycles. The summed E-state index contributed by atoms with van der Waals surface area (Å²) in [6, 6.07) is 11.7. The average molecular weight is 244 g/mol. The van der Waals surface area contributed by atoms with E-state index in [1.54, 1.807) is 12.1 Å². The number of amides is 1. The molecule has 0 saturated carbocycles. The Bertz CT molecular complexity index is 582. The van der Waals surface area contributed by atoms with Crippen molar-refractivity contribution in [1.82, 2.24) is 5.32 Å². The van der Waals surface area contributed by atoms with Gasteiger partial charge in [-0.1, -0.05) is 30.3 Å². The van der Waals surface area contributed by atoms with Crippen LogP contribution in [0.25, 0.3) is 11.1 Å². The van der Waals surface area contributed by atoms with Gasteiger partial charge in [-0.05, 0) is 17.7 Å². The molecule has 18 heavy (non-hydrogen) atoms. The van der Waals surface area contributed by atoms with Gasteiger partial charge in [-0.2, -0.15) is 0 Å². The first-order valence-corrected chi connectivity index (χ1v) is 5.50. The summed E-state index contributed by atoms with van der Waals surface area (Å²) >= 11 is 0. The van der Waals surface area contributed by atoms with Gasteiger partial charge in [0.05, 0.1) is 5.69 Å². The van der Waals surface area contributed by atoms with E-state index in [0.717, 1.165) is 0 Å². The van der Waals surface area contributed by atoms with Crippen molar-refractivity contribution in [3.05, 3.63) is 53.8 Å². The fourth-order valence-electron chi connectivity index (χ4n) is 1.83. The summed E-state index contributed by atoms with van der Waals surface area (Å²) in [4.78, 5) is 11.8. The Kier molecular flexibility index (Phi) is 3.28. The van der Waals surface area contributed by atoms with Crippen LogP contribution in [0.2, 0.25) is 0 Å². The van der Waals surface area contributed by atoms with Crippen LogP contribution in [0.1, 0.15) is 10.4 Å². The number of nitrogens with one attached hydrogen (secondary N) is 1. The summed E-state index contributed by atoms with van der Waals surface area (Å²) < 4.78 is 13.6. The van der Waals surface area contributed by atoms with Crippen LogP contribution in [0.15, 0.2) is 42.5 Å². The van der Waals surface area contributed by atoms with Crippen LogP contribution in [0.3, 0.4) is 0 Å². The highest BCUT2D eigenvalue weighted by Gasteiger charge is 2.17. The fraction of sp³-hybridized carbons (Fsp3) is 0.0714. The van der Waals surface area contributed by atoms with Crippen LogP contribution in [0.4, 0.5) is 10.1 Å². The van der Waals surface area contributed by atoms with Crippen LogP contribution in [-0.2, 0) is 0 Å². The third-order valence-electron chi connectivity index (χ3n) is 2.73. The minimum atomic E-state index is -0.526. The number of anilines is 1. The molecule has 0 heterocycles. The van der Waals surface area contributed by atoms with Crippen molar-refractivity contribution >= 4 is 11.6 Å². The molecule has 0 radical (unpaired) electrons. The van der Waals surface area contributed by atoms with Gasteiger partial charge in [-0.25, -0.2) is 4.39 Å². The molecule has 0 aliphatic heterocycles. The molecule has 4 heteroatoms. The molecular weight excluding hydrogens is 231 g/mol. The van der Waals surface area contributed by atoms with Gasteiger partial charge in [0, 0.05) is 18.2 Å². The average Bonchev–Trinajstić information content (AvgIpc) is 2.41. The fourth-order valence-corrected chi connectivity index (χ4v) is 1.83. The lowest BCUT2D eigenvalue weighted by Gasteiger charge is -2.12. The monoisotopic (exact) mass is 244 g/mol. The van der Waals surface area contributed by atoms with Crippen molar-refractivity contribution in [2.75, 3.05) is 12.8 Å². The third kappa shape index (κ3) is 2.05. The second-order valence-electron chi connectivity index (χ2n) is 3.83. The molecule has 1 amide bonds. The lowest BCUT2D eigenvalue weighted by Crippen LogP contribution is -2.19. The van der Waals surface area contributed by atoms with Crippen LogP contribution >= 0.6 is 0 Å². The minimum Gasteiger partial charge on any atom is -0.396 e. The molecular formula is C14H13FN2O. The minimum absolute atomic E-state index is 0.0118. The van der Waals surface area contributed by atoms with Crippen molar-refractivity contribution in [3.63, 3.8) is 0 Å². The van der Waals surface area contributed by atoms with Gasteiger partial charge < -0.3 is 11.1 Å². The summed E-state index contributed by atoms with van der Waals surface area (Å²) in [6.07, 6.45) is 0. The predicted molar refractivity (Wildman–Crippen MR) is 69.6 cm³/mol. The molecule has 2 rings (SSSR count). The Hall–Kier alpha value is -2.36. The van der Waals surface area contributed by atoms with Gasteiger partial charge in [0.2, 0.25) is 0 Å². The maximum Gasteiger partial charge on any atom is 0.251 e. The van der Waals surface area contributed by atoms with Crippen molar-refractivity contribution in [1.29, 1.82) is 0 Å². The first kappa shape index (κ1) is 12.1. The van der Waals surface area contributed by atoms with E-state index in [2.05, 4.69) is 5.32 Å². The maximum absolute atomic E-state index is 13.6. The van der Waals surface area contributed by atoms with E-state index in [1.807, 2.05) is 18.2 Å². The summed E-state index contributed by atoms with van der Waals surface area (Å²) in [7, 11) is 1.52. The number of hydrogen-bond donors (Lipinski definition) is 2. The quantitative estimate of drug-likeness (QED) is 0.797. The Balaban J connectivity index is 2.70. The number of rotatable bonds is 2. The zero-order valence-corrected chi connectivity index (χ0v) is 9.91. The molecule has 0 fully saturated rings. The van der Waals surface area contributed by atoms with E-state index in [0.29, 0.717) is 16.7 Å². The zero-order chi connectivity index (χ0) is 13.1. The number of benzene rings is 2. The van der Waals surface area contributed by atoms with E-state index in [-0.39, 0.29) is 11.6 Å². The third-order valence-corrected chi connectivity index (χ3v) is 2.73. The van der Waals surface area contributed by atoms with Crippen LogP contribution < -0.4 is 11.1 Å². The first-order valence-electron chi connectivity index (χ1n) is 5.50.